The fourth-order valence-corrected chi connectivity index (χ4v) is 3.19. The van der Waals surface area contributed by atoms with E-state index < -0.39 is 0 Å². The molecule has 0 fully saturated rings. The molecule has 156 valence electrons. The lowest BCUT2D eigenvalue weighted by Gasteiger charge is -2.24. The van der Waals surface area contributed by atoms with Crippen molar-refractivity contribution in [3.63, 3.8) is 0 Å². The van der Waals surface area contributed by atoms with Crippen LogP contribution in [0.3, 0.4) is 0 Å². The van der Waals surface area contributed by atoms with Crippen LogP contribution < -0.4 is 10.7 Å². The van der Waals surface area contributed by atoms with Gasteiger partial charge in [0, 0.05) is 17.3 Å². The lowest BCUT2D eigenvalue weighted by atomic mass is 10.1. The molecule has 0 spiro atoms. The quantitative estimate of drug-likeness (QED) is 0.326. The van der Waals surface area contributed by atoms with Gasteiger partial charge >= 0.3 is 0 Å². The van der Waals surface area contributed by atoms with E-state index in [4.69, 9.17) is 0 Å². The maximum absolute atomic E-state index is 12.7. The van der Waals surface area contributed by atoms with Crippen LogP contribution in [0, 0.1) is 0 Å². The zero-order valence-electron chi connectivity index (χ0n) is 17.8. The third-order valence-electron chi connectivity index (χ3n) is 4.58. The van der Waals surface area contributed by atoms with Crippen molar-refractivity contribution in [2.75, 3.05) is 26.5 Å². The van der Waals surface area contributed by atoms with Gasteiger partial charge in [0.25, 0.3) is 5.91 Å². The molecule has 0 bridgehead atoms. The van der Waals surface area contributed by atoms with Crippen molar-refractivity contribution in [2.24, 2.45) is 0 Å². The number of hydrogen-bond donors (Lipinski definition) is 3. The molecule has 31 heavy (non-hydrogen) atoms. The highest BCUT2D eigenvalue weighted by Gasteiger charge is 2.17. The molecule has 0 unspecified atom stereocenters. The number of fused-ring (bicyclic) bond motifs is 1. The van der Waals surface area contributed by atoms with Gasteiger partial charge in [0.15, 0.2) is 0 Å². The van der Waals surface area contributed by atoms with Crippen LogP contribution in [-0.2, 0) is 0 Å². The van der Waals surface area contributed by atoms with Gasteiger partial charge in [-0.15, -0.1) is 0 Å². The van der Waals surface area contributed by atoms with E-state index in [1.54, 1.807) is 6.20 Å². The fraction of sp³-hybridized carbons (Fsp3) is 0.125. The molecule has 4 aromatic rings. The number of hydrogen-bond acceptors (Lipinski definition) is 4. The second kappa shape index (κ2) is 8.41. The molecule has 4 rings (SSSR count). The molecule has 7 nitrogen and oxygen atoms in total. The summed E-state index contributed by atoms with van der Waals surface area (Å²) in [4.78, 5) is 17.0. The normalized spacial score (nSPS) is 11.7. The highest BCUT2D eigenvalue weighted by Crippen LogP contribution is 2.26. The van der Waals surface area contributed by atoms with Gasteiger partial charge in [0.05, 0.1) is 49.3 Å². The molecule has 0 aliphatic carbocycles. The summed E-state index contributed by atoms with van der Waals surface area (Å²) >= 11 is 0. The lowest BCUT2D eigenvalue weighted by Crippen LogP contribution is -2.51. The Balaban J connectivity index is 1.57. The first-order valence-electron chi connectivity index (χ1n) is 9.96. The van der Waals surface area contributed by atoms with Gasteiger partial charge in [0.1, 0.15) is 0 Å². The topological polar surface area (TPSA) is 82.7 Å². The van der Waals surface area contributed by atoms with Crippen molar-refractivity contribution in [1.82, 2.24) is 20.6 Å². The van der Waals surface area contributed by atoms with Crippen LogP contribution in [0.5, 0.6) is 0 Å². The largest absolute Gasteiger partial charge is 0.355 e. The Morgan fingerprint density at radius 1 is 1.00 bits per heavy atom. The summed E-state index contributed by atoms with van der Waals surface area (Å²) in [6.45, 7) is 0. The van der Waals surface area contributed by atoms with E-state index >= 15 is 0 Å². The van der Waals surface area contributed by atoms with Gasteiger partial charge in [0.2, 0.25) is 0 Å². The zero-order valence-corrected chi connectivity index (χ0v) is 17.8. The number of rotatable bonds is 6. The van der Waals surface area contributed by atoms with Crippen LogP contribution >= 0.6 is 0 Å². The summed E-state index contributed by atoms with van der Waals surface area (Å²) in [5.41, 5.74) is 7.76. The molecular weight excluding hydrogens is 388 g/mol. The van der Waals surface area contributed by atoms with E-state index in [1.165, 1.54) is 0 Å². The minimum Gasteiger partial charge on any atom is -0.355 e. The van der Waals surface area contributed by atoms with E-state index in [9.17, 15) is 4.79 Å². The molecule has 7 heteroatoms. The van der Waals surface area contributed by atoms with E-state index in [0.717, 1.165) is 33.7 Å². The molecule has 2 aromatic carbocycles. The molecule has 1 amide bonds. The number of carbonyl (C=O) groups is 1. The van der Waals surface area contributed by atoms with Crippen molar-refractivity contribution in [3.8, 4) is 0 Å². The molecule has 0 radical (unpaired) electrons. The second-order valence-corrected chi connectivity index (χ2v) is 8.08. The minimum atomic E-state index is -0.139. The monoisotopic (exact) mass is 413 g/mol. The molecule has 2 aromatic heterocycles. The van der Waals surface area contributed by atoms with Crippen LogP contribution in [0.1, 0.15) is 21.7 Å². The number of H-pyrrole nitrogens is 1. The van der Waals surface area contributed by atoms with Gasteiger partial charge in [-0.05, 0) is 54.6 Å². The summed E-state index contributed by atoms with van der Waals surface area (Å²) in [6.07, 6.45) is 5.64. The standard InChI is InChI=1S/C24H24N6O/c1-30(2,3)29-24(31)20-9-4-5-10-21(20)26-18-11-13-19-22(27-28-23(19)16-18)14-12-17-8-6-7-15-25-17/h4-16H,1-3H3,(H2-,25,26,27,28,29,31)/p+1. The molecule has 3 N–H and O–H groups in total. The SMILES string of the molecule is C[N+](C)(C)NC(=O)c1ccccc1Nc1ccc2c(/C=C/c3ccccn3)n[nH]c2c1. The van der Waals surface area contributed by atoms with Crippen molar-refractivity contribution < 1.29 is 9.39 Å². The number of amides is 1. The summed E-state index contributed by atoms with van der Waals surface area (Å²) in [5, 5.41) is 11.8. The number of anilines is 2. The van der Waals surface area contributed by atoms with Crippen LogP contribution in [0.25, 0.3) is 23.1 Å². The van der Waals surface area contributed by atoms with E-state index in [2.05, 4.69) is 25.9 Å². The molecular formula is C24H25N6O+. The van der Waals surface area contributed by atoms with Crippen LogP contribution in [0.2, 0.25) is 0 Å². The number of nitrogens with zero attached hydrogens (tertiary/aromatic N) is 3. The predicted molar refractivity (Wildman–Crippen MR) is 124 cm³/mol. The highest BCUT2D eigenvalue weighted by atomic mass is 16.2. The maximum Gasteiger partial charge on any atom is 0.298 e. The first-order valence-corrected chi connectivity index (χ1v) is 9.96. The lowest BCUT2D eigenvalue weighted by molar-refractivity contribution is -0.905. The van der Waals surface area contributed by atoms with Crippen LogP contribution in [-0.4, -0.2) is 46.8 Å². The van der Waals surface area contributed by atoms with Crippen LogP contribution in [0.4, 0.5) is 11.4 Å². The van der Waals surface area contributed by atoms with Crippen molar-refractivity contribution in [2.45, 2.75) is 0 Å². The smallest absolute Gasteiger partial charge is 0.298 e. The van der Waals surface area contributed by atoms with E-state index in [0.29, 0.717) is 10.2 Å². The zero-order chi connectivity index (χ0) is 21.8. The second-order valence-electron chi connectivity index (χ2n) is 8.08. The number of benzene rings is 2. The highest BCUT2D eigenvalue weighted by molar-refractivity contribution is 6.00. The van der Waals surface area contributed by atoms with Crippen molar-refractivity contribution in [1.29, 1.82) is 0 Å². The molecule has 0 saturated carbocycles. The van der Waals surface area contributed by atoms with Gasteiger partial charge in [-0.1, -0.05) is 18.2 Å². The average Bonchev–Trinajstić information content (AvgIpc) is 3.14. The van der Waals surface area contributed by atoms with E-state index in [1.807, 2.05) is 94.0 Å². The van der Waals surface area contributed by atoms with Crippen molar-refractivity contribution in [3.05, 3.63) is 83.8 Å². The number of pyridine rings is 1. The number of aromatic nitrogens is 3. The van der Waals surface area contributed by atoms with Crippen LogP contribution in [0.15, 0.2) is 66.9 Å². The Kier molecular flexibility index (Phi) is 5.51. The Morgan fingerprint density at radius 3 is 2.58 bits per heavy atom. The van der Waals surface area contributed by atoms with Gasteiger partial charge in [-0.25, -0.2) is 4.59 Å². The number of nitrogens with one attached hydrogen (secondary N) is 3. The number of quaternary nitrogens is 1. The minimum absolute atomic E-state index is 0.139. The molecule has 0 aliphatic rings. The fourth-order valence-electron chi connectivity index (χ4n) is 3.19. The summed E-state index contributed by atoms with van der Waals surface area (Å²) in [7, 11) is 5.71. The third kappa shape index (κ3) is 4.96. The van der Waals surface area contributed by atoms with Crippen molar-refractivity contribution >= 4 is 40.3 Å². The molecule has 0 aliphatic heterocycles. The first kappa shape index (κ1) is 20.3. The average molecular weight is 414 g/mol. The Labute approximate surface area is 181 Å². The first-order chi connectivity index (χ1) is 14.9. The Morgan fingerprint density at radius 2 is 1.81 bits per heavy atom. The number of aromatic amines is 1. The Hall–Kier alpha value is -3.97. The van der Waals surface area contributed by atoms with Gasteiger partial charge in [-0.2, -0.15) is 10.5 Å². The molecule has 0 atom stereocenters. The maximum atomic E-state index is 12.7. The Bertz CT molecular complexity index is 1240. The van der Waals surface area contributed by atoms with Gasteiger partial charge in [-0.3, -0.25) is 14.9 Å². The summed E-state index contributed by atoms with van der Waals surface area (Å²) in [5.74, 6) is -0.139. The molecule has 2 heterocycles. The summed E-state index contributed by atoms with van der Waals surface area (Å²) < 4.78 is 0.335. The molecule has 0 saturated heterocycles. The number of para-hydroxylation sites is 1. The van der Waals surface area contributed by atoms with E-state index in [-0.39, 0.29) is 5.91 Å². The third-order valence-corrected chi connectivity index (χ3v) is 4.58. The van der Waals surface area contributed by atoms with Gasteiger partial charge < -0.3 is 5.32 Å². The summed E-state index contributed by atoms with van der Waals surface area (Å²) in [6, 6.07) is 19.2. The predicted octanol–water partition coefficient (Wildman–Crippen LogP) is 4.22. The number of carbonyl (C=O) groups excluding carboxylic acids is 1.